The van der Waals surface area contributed by atoms with Crippen LogP contribution in [0.2, 0.25) is 0 Å². The second-order valence-electron chi connectivity index (χ2n) is 7.08. The number of benzene rings is 1. The summed E-state index contributed by atoms with van der Waals surface area (Å²) in [4.78, 5) is 13.6. The summed E-state index contributed by atoms with van der Waals surface area (Å²) in [5.41, 5.74) is 3.52. The Kier molecular flexibility index (Phi) is 5.17. The van der Waals surface area contributed by atoms with Crippen LogP contribution in [0.1, 0.15) is 31.1 Å². The van der Waals surface area contributed by atoms with E-state index < -0.39 is 12.7 Å². The first kappa shape index (κ1) is 18.7. The summed E-state index contributed by atoms with van der Waals surface area (Å²) in [6.07, 6.45) is 1.59. The summed E-state index contributed by atoms with van der Waals surface area (Å²) in [7, 11) is 0. The summed E-state index contributed by atoms with van der Waals surface area (Å²) in [5.74, 6) is 0.589. The van der Waals surface area contributed by atoms with E-state index in [0.29, 0.717) is 18.8 Å². The molecule has 0 aliphatic carbocycles. The zero-order valence-corrected chi connectivity index (χ0v) is 15.3. The molecular formula is C21H21F3N4. The molecule has 1 aliphatic rings. The van der Waals surface area contributed by atoms with Crippen molar-refractivity contribution in [1.29, 1.82) is 0 Å². The van der Waals surface area contributed by atoms with Gasteiger partial charge >= 0.3 is 6.18 Å². The number of hydrogen-bond donors (Lipinski definition) is 1. The van der Waals surface area contributed by atoms with E-state index >= 15 is 0 Å². The monoisotopic (exact) mass is 386 g/mol. The third-order valence-electron chi connectivity index (χ3n) is 5.05. The summed E-state index contributed by atoms with van der Waals surface area (Å²) < 4.78 is 38.7. The first-order valence-corrected chi connectivity index (χ1v) is 9.37. The molecule has 1 aliphatic heterocycles. The Hall–Kier alpha value is -2.67. The van der Waals surface area contributed by atoms with Crippen LogP contribution >= 0.6 is 0 Å². The van der Waals surface area contributed by atoms with Crippen molar-refractivity contribution >= 4 is 0 Å². The molecule has 1 fully saturated rings. The molecule has 1 atom stereocenters. The minimum atomic E-state index is -4.21. The smallest absolute Gasteiger partial charge is 0.341 e. The van der Waals surface area contributed by atoms with Crippen molar-refractivity contribution in [3.63, 3.8) is 0 Å². The van der Waals surface area contributed by atoms with Gasteiger partial charge in [0.25, 0.3) is 0 Å². The number of nitrogens with zero attached hydrogens (tertiary/aromatic N) is 3. The van der Waals surface area contributed by atoms with Crippen LogP contribution in [0.4, 0.5) is 13.2 Å². The van der Waals surface area contributed by atoms with Crippen LogP contribution in [0.3, 0.4) is 0 Å². The second kappa shape index (κ2) is 7.75. The van der Waals surface area contributed by atoms with Gasteiger partial charge in [-0.15, -0.1) is 0 Å². The highest BCUT2D eigenvalue weighted by atomic mass is 19.4. The molecule has 2 aromatic heterocycles. The van der Waals surface area contributed by atoms with Gasteiger partial charge in [-0.05, 0) is 31.5 Å². The fourth-order valence-electron chi connectivity index (χ4n) is 3.71. The molecule has 1 N–H and O–H groups in total. The number of nitrogens with one attached hydrogen (secondary N) is 1. The zero-order chi connectivity index (χ0) is 19.6. The van der Waals surface area contributed by atoms with Gasteiger partial charge in [0.05, 0.1) is 30.2 Å². The number of rotatable bonds is 4. The van der Waals surface area contributed by atoms with Gasteiger partial charge in [0, 0.05) is 17.3 Å². The second-order valence-corrected chi connectivity index (χ2v) is 7.08. The minimum absolute atomic E-state index is 0.333. The average Bonchev–Trinajstić information content (AvgIpc) is 3.18. The lowest BCUT2D eigenvalue weighted by molar-refractivity contribution is -0.154. The summed E-state index contributed by atoms with van der Waals surface area (Å²) in [6, 6.07) is 13.4. The number of aromatic amines is 1. The van der Waals surface area contributed by atoms with Crippen molar-refractivity contribution in [1.82, 2.24) is 19.9 Å². The van der Waals surface area contributed by atoms with E-state index in [9.17, 15) is 13.2 Å². The number of halogens is 3. The molecule has 0 radical (unpaired) electrons. The lowest BCUT2D eigenvalue weighted by atomic mass is 10.0. The highest BCUT2D eigenvalue weighted by Gasteiger charge is 2.36. The molecule has 3 aromatic rings. The molecule has 0 unspecified atom stereocenters. The van der Waals surface area contributed by atoms with Crippen LogP contribution in [0.25, 0.3) is 22.5 Å². The number of H-pyrrole nitrogens is 1. The van der Waals surface area contributed by atoms with Gasteiger partial charge in [-0.1, -0.05) is 36.8 Å². The third kappa shape index (κ3) is 4.25. The quantitative estimate of drug-likeness (QED) is 0.668. The van der Waals surface area contributed by atoms with Crippen LogP contribution in [0.5, 0.6) is 0 Å². The molecule has 0 saturated carbocycles. The van der Waals surface area contributed by atoms with Crippen molar-refractivity contribution in [2.45, 2.75) is 31.5 Å². The van der Waals surface area contributed by atoms with Crippen molar-refractivity contribution in [3.8, 4) is 22.5 Å². The summed E-state index contributed by atoms with van der Waals surface area (Å²) in [6.45, 7) is -0.464. The Bertz CT molecular complexity index is 903. The summed E-state index contributed by atoms with van der Waals surface area (Å²) in [5, 5.41) is 0. The number of likely N-dealkylation sites (tertiary alicyclic amines) is 1. The maximum Gasteiger partial charge on any atom is 0.401 e. The molecule has 1 aromatic carbocycles. The van der Waals surface area contributed by atoms with Gasteiger partial charge in [-0.3, -0.25) is 9.88 Å². The van der Waals surface area contributed by atoms with Crippen LogP contribution < -0.4 is 0 Å². The first-order chi connectivity index (χ1) is 13.5. The van der Waals surface area contributed by atoms with Crippen molar-refractivity contribution in [2.24, 2.45) is 0 Å². The Labute approximate surface area is 161 Å². The number of aromatic nitrogens is 3. The molecule has 4 rings (SSSR count). The molecular weight excluding hydrogens is 365 g/mol. The molecule has 4 nitrogen and oxygen atoms in total. The van der Waals surface area contributed by atoms with Crippen LogP contribution in [-0.2, 0) is 0 Å². The molecule has 0 bridgehead atoms. The first-order valence-electron chi connectivity index (χ1n) is 9.37. The Morgan fingerprint density at radius 1 is 0.964 bits per heavy atom. The predicted molar refractivity (Wildman–Crippen MR) is 101 cm³/mol. The average molecular weight is 386 g/mol. The van der Waals surface area contributed by atoms with E-state index in [2.05, 4.69) is 15.0 Å². The molecule has 28 heavy (non-hydrogen) atoms. The SMILES string of the molecule is FC(F)(F)CN1CCCC[C@@H]1c1ncc(-c2ccc(-c3ccccc3)nc2)[nH]1. The van der Waals surface area contributed by atoms with E-state index in [1.165, 1.54) is 4.90 Å². The summed E-state index contributed by atoms with van der Waals surface area (Å²) >= 11 is 0. The highest BCUT2D eigenvalue weighted by Crippen LogP contribution is 2.33. The van der Waals surface area contributed by atoms with E-state index in [-0.39, 0.29) is 6.04 Å². The Morgan fingerprint density at radius 2 is 1.79 bits per heavy atom. The van der Waals surface area contributed by atoms with Crippen molar-refractivity contribution in [2.75, 3.05) is 13.1 Å². The van der Waals surface area contributed by atoms with Gasteiger partial charge in [0.15, 0.2) is 0 Å². The van der Waals surface area contributed by atoms with Gasteiger partial charge in [0.1, 0.15) is 5.82 Å². The molecule has 3 heterocycles. The molecule has 1 saturated heterocycles. The molecule has 7 heteroatoms. The van der Waals surface area contributed by atoms with Gasteiger partial charge in [-0.2, -0.15) is 13.2 Å². The van der Waals surface area contributed by atoms with E-state index in [4.69, 9.17) is 0 Å². The zero-order valence-electron chi connectivity index (χ0n) is 15.3. The fourth-order valence-corrected chi connectivity index (χ4v) is 3.71. The highest BCUT2D eigenvalue weighted by molar-refractivity contribution is 5.64. The van der Waals surface area contributed by atoms with Crippen LogP contribution in [-0.4, -0.2) is 39.1 Å². The normalized spacial score (nSPS) is 18.3. The Morgan fingerprint density at radius 3 is 2.50 bits per heavy atom. The fraction of sp³-hybridized carbons (Fsp3) is 0.333. The lowest BCUT2D eigenvalue weighted by Gasteiger charge is -2.34. The number of alkyl halides is 3. The van der Waals surface area contributed by atoms with Crippen LogP contribution in [0, 0.1) is 0 Å². The lowest BCUT2D eigenvalue weighted by Crippen LogP contribution is -2.40. The third-order valence-corrected chi connectivity index (χ3v) is 5.05. The van der Waals surface area contributed by atoms with E-state index in [0.717, 1.165) is 35.4 Å². The van der Waals surface area contributed by atoms with Gasteiger partial charge in [-0.25, -0.2) is 4.98 Å². The number of hydrogen-bond acceptors (Lipinski definition) is 3. The number of imidazole rings is 1. The van der Waals surface area contributed by atoms with E-state index in [1.807, 2.05) is 42.5 Å². The Balaban J connectivity index is 1.53. The number of pyridine rings is 1. The standard InChI is InChI=1S/C21H21F3N4/c22-21(23,24)14-28-11-5-4-8-19(28)20-26-13-18(27-20)16-9-10-17(25-12-16)15-6-2-1-3-7-15/h1-3,6-7,9-10,12-13,19H,4-5,8,11,14H2,(H,26,27)/t19-/m1/s1. The van der Waals surface area contributed by atoms with E-state index in [1.54, 1.807) is 12.4 Å². The topological polar surface area (TPSA) is 44.8 Å². The minimum Gasteiger partial charge on any atom is -0.341 e. The number of piperidine rings is 1. The van der Waals surface area contributed by atoms with Crippen molar-refractivity contribution < 1.29 is 13.2 Å². The molecule has 0 amide bonds. The van der Waals surface area contributed by atoms with Crippen molar-refractivity contribution in [3.05, 3.63) is 60.7 Å². The molecule has 0 spiro atoms. The largest absolute Gasteiger partial charge is 0.401 e. The maximum absolute atomic E-state index is 12.9. The van der Waals surface area contributed by atoms with Crippen LogP contribution in [0.15, 0.2) is 54.9 Å². The van der Waals surface area contributed by atoms with Gasteiger partial charge in [0.2, 0.25) is 0 Å². The predicted octanol–water partition coefficient (Wildman–Crippen LogP) is 5.23. The van der Waals surface area contributed by atoms with Gasteiger partial charge < -0.3 is 4.98 Å². The maximum atomic E-state index is 12.9. The molecule has 146 valence electrons.